The topological polar surface area (TPSA) is 58.6 Å². The first-order valence-electron chi connectivity index (χ1n) is 6.09. The van der Waals surface area contributed by atoms with E-state index in [9.17, 15) is 14.3 Å². The molecule has 0 aliphatic rings. The van der Waals surface area contributed by atoms with Gasteiger partial charge in [0.05, 0.1) is 12.1 Å². The third-order valence-electron chi connectivity index (χ3n) is 2.88. The lowest BCUT2D eigenvalue weighted by atomic mass is 10.1. The average molecular weight is 310 g/mol. The smallest absolute Gasteiger partial charge is 0.332 e. The van der Waals surface area contributed by atoms with Gasteiger partial charge in [0, 0.05) is 5.69 Å². The van der Waals surface area contributed by atoms with E-state index in [2.05, 4.69) is 5.32 Å². The lowest BCUT2D eigenvalue weighted by Gasteiger charge is -2.18. The highest BCUT2D eigenvalue weighted by molar-refractivity contribution is 6.32. The van der Waals surface area contributed by atoms with Crippen LogP contribution in [0.3, 0.4) is 0 Å². The molecule has 0 radical (unpaired) electrons. The largest absolute Gasteiger partial charge is 0.506 e. The summed E-state index contributed by atoms with van der Waals surface area (Å²) in [6.45, 7) is 0. The molecule has 0 fully saturated rings. The number of rotatable bonds is 4. The Morgan fingerprint density at radius 3 is 2.71 bits per heavy atom. The van der Waals surface area contributed by atoms with Crippen molar-refractivity contribution in [3.05, 3.63) is 58.9 Å². The Balaban J connectivity index is 2.34. The van der Waals surface area contributed by atoms with Crippen LogP contribution in [0.2, 0.25) is 5.02 Å². The molecule has 0 amide bonds. The number of halogens is 2. The number of phenolic OH excluding ortho intramolecular Hbond substituents is 1. The molecule has 0 spiro atoms. The standard InChI is InChI=1S/C15H13ClFNO3/c1-21-15(20)14(9-5-6-13(19)12(16)7-9)18-11-4-2-3-10(17)8-11/h2-8,14,18-19H,1H3. The van der Waals surface area contributed by atoms with E-state index in [1.807, 2.05) is 0 Å². The molecule has 0 aromatic heterocycles. The second-order valence-corrected chi connectivity index (χ2v) is 4.73. The summed E-state index contributed by atoms with van der Waals surface area (Å²) < 4.78 is 17.9. The van der Waals surface area contributed by atoms with Gasteiger partial charge in [-0.05, 0) is 35.9 Å². The quantitative estimate of drug-likeness (QED) is 0.849. The van der Waals surface area contributed by atoms with Crippen molar-refractivity contribution in [1.82, 2.24) is 0 Å². The highest BCUT2D eigenvalue weighted by Gasteiger charge is 2.22. The molecule has 2 N–H and O–H groups in total. The molecule has 2 aromatic rings. The zero-order valence-corrected chi connectivity index (χ0v) is 11.9. The number of phenols is 1. The maximum Gasteiger partial charge on any atom is 0.332 e. The van der Waals surface area contributed by atoms with Crippen LogP contribution in [0.25, 0.3) is 0 Å². The van der Waals surface area contributed by atoms with E-state index in [1.54, 1.807) is 6.07 Å². The maximum atomic E-state index is 13.2. The lowest BCUT2D eigenvalue weighted by Crippen LogP contribution is -2.22. The van der Waals surface area contributed by atoms with Gasteiger partial charge in [0.1, 0.15) is 11.6 Å². The molecule has 110 valence electrons. The van der Waals surface area contributed by atoms with Crippen LogP contribution in [0.1, 0.15) is 11.6 Å². The summed E-state index contributed by atoms with van der Waals surface area (Å²) in [4.78, 5) is 11.9. The predicted octanol–water partition coefficient (Wildman–Crippen LogP) is 3.51. The number of anilines is 1. The highest BCUT2D eigenvalue weighted by atomic mass is 35.5. The second-order valence-electron chi connectivity index (χ2n) is 4.32. The molecule has 0 saturated carbocycles. The van der Waals surface area contributed by atoms with Crippen molar-refractivity contribution in [1.29, 1.82) is 0 Å². The summed E-state index contributed by atoms with van der Waals surface area (Å²) in [6.07, 6.45) is 0. The van der Waals surface area contributed by atoms with Gasteiger partial charge in [-0.3, -0.25) is 0 Å². The number of carbonyl (C=O) groups excluding carboxylic acids is 1. The minimum absolute atomic E-state index is 0.0882. The van der Waals surface area contributed by atoms with E-state index in [0.717, 1.165) is 0 Å². The van der Waals surface area contributed by atoms with Crippen molar-refractivity contribution < 1.29 is 19.0 Å². The third kappa shape index (κ3) is 3.64. The van der Waals surface area contributed by atoms with Crippen LogP contribution in [0.4, 0.5) is 10.1 Å². The molecule has 21 heavy (non-hydrogen) atoms. The Labute approximate surface area is 126 Å². The molecule has 1 unspecified atom stereocenters. The van der Waals surface area contributed by atoms with Gasteiger partial charge in [-0.1, -0.05) is 23.7 Å². The average Bonchev–Trinajstić information content (AvgIpc) is 2.47. The van der Waals surface area contributed by atoms with Gasteiger partial charge in [0.15, 0.2) is 6.04 Å². The Morgan fingerprint density at radius 1 is 1.33 bits per heavy atom. The zero-order valence-electron chi connectivity index (χ0n) is 11.1. The van der Waals surface area contributed by atoms with Crippen LogP contribution in [-0.2, 0) is 9.53 Å². The van der Waals surface area contributed by atoms with E-state index in [1.165, 1.54) is 43.5 Å². The summed E-state index contributed by atoms with van der Waals surface area (Å²) in [5.41, 5.74) is 0.920. The number of benzene rings is 2. The fourth-order valence-corrected chi connectivity index (χ4v) is 2.03. The van der Waals surface area contributed by atoms with E-state index < -0.39 is 17.8 Å². The van der Waals surface area contributed by atoms with Crippen LogP contribution >= 0.6 is 11.6 Å². The molecule has 4 nitrogen and oxygen atoms in total. The monoisotopic (exact) mass is 309 g/mol. The van der Waals surface area contributed by atoms with Crippen LogP contribution in [0, 0.1) is 5.82 Å². The number of hydrogen-bond acceptors (Lipinski definition) is 4. The van der Waals surface area contributed by atoms with E-state index in [4.69, 9.17) is 16.3 Å². The summed E-state index contributed by atoms with van der Waals surface area (Å²) >= 11 is 5.84. The molecule has 6 heteroatoms. The molecule has 0 heterocycles. The fraction of sp³-hybridized carbons (Fsp3) is 0.133. The predicted molar refractivity (Wildman–Crippen MR) is 77.9 cm³/mol. The Bertz CT molecular complexity index is 663. The SMILES string of the molecule is COC(=O)C(Nc1cccc(F)c1)c1ccc(O)c(Cl)c1. The number of esters is 1. The molecule has 1 atom stereocenters. The number of aromatic hydroxyl groups is 1. The van der Waals surface area contributed by atoms with Gasteiger partial charge >= 0.3 is 5.97 Å². The van der Waals surface area contributed by atoms with E-state index in [0.29, 0.717) is 11.3 Å². The summed E-state index contributed by atoms with van der Waals surface area (Å²) in [7, 11) is 1.25. The van der Waals surface area contributed by atoms with Gasteiger partial charge in [-0.15, -0.1) is 0 Å². The van der Waals surface area contributed by atoms with Crippen LogP contribution < -0.4 is 5.32 Å². The Hall–Kier alpha value is -2.27. The van der Waals surface area contributed by atoms with Crippen molar-refractivity contribution in [3.8, 4) is 5.75 Å². The van der Waals surface area contributed by atoms with Crippen LogP contribution in [-0.4, -0.2) is 18.2 Å². The number of nitrogens with one attached hydrogen (secondary N) is 1. The van der Waals surface area contributed by atoms with Crippen molar-refractivity contribution in [2.75, 3.05) is 12.4 Å². The normalized spacial score (nSPS) is 11.8. The Kier molecular flexibility index (Phi) is 4.65. The third-order valence-corrected chi connectivity index (χ3v) is 3.18. The molecule has 0 bridgehead atoms. The molecule has 0 aliphatic carbocycles. The van der Waals surface area contributed by atoms with Gasteiger partial charge < -0.3 is 15.2 Å². The first-order valence-corrected chi connectivity index (χ1v) is 6.47. The van der Waals surface area contributed by atoms with Gasteiger partial charge in [0.25, 0.3) is 0 Å². The minimum Gasteiger partial charge on any atom is -0.506 e. The van der Waals surface area contributed by atoms with Crippen LogP contribution in [0.5, 0.6) is 5.75 Å². The van der Waals surface area contributed by atoms with Crippen molar-refractivity contribution in [3.63, 3.8) is 0 Å². The minimum atomic E-state index is -0.866. The van der Waals surface area contributed by atoms with Gasteiger partial charge in [-0.2, -0.15) is 0 Å². The number of hydrogen-bond donors (Lipinski definition) is 2. The second kappa shape index (κ2) is 6.45. The Morgan fingerprint density at radius 2 is 2.10 bits per heavy atom. The summed E-state index contributed by atoms with van der Waals surface area (Å²) in [5, 5.41) is 12.4. The van der Waals surface area contributed by atoms with Crippen molar-refractivity contribution in [2.24, 2.45) is 0 Å². The highest BCUT2D eigenvalue weighted by Crippen LogP contribution is 2.29. The van der Waals surface area contributed by atoms with Crippen molar-refractivity contribution >= 4 is 23.3 Å². The van der Waals surface area contributed by atoms with E-state index in [-0.39, 0.29) is 10.8 Å². The summed E-state index contributed by atoms with van der Waals surface area (Å²) in [5.74, 6) is -1.07. The number of ether oxygens (including phenoxy) is 1. The molecule has 0 aliphatic heterocycles. The molecule has 2 aromatic carbocycles. The van der Waals surface area contributed by atoms with Crippen LogP contribution in [0.15, 0.2) is 42.5 Å². The van der Waals surface area contributed by atoms with Gasteiger partial charge in [0.2, 0.25) is 0 Å². The molecular weight excluding hydrogens is 297 g/mol. The van der Waals surface area contributed by atoms with E-state index >= 15 is 0 Å². The summed E-state index contributed by atoms with van der Waals surface area (Å²) in [6, 6.07) is 9.21. The molecule has 0 saturated heterocycles. The van der Waals surface area contributed by atoms with Gasteiger partial charge in [-0.25, -0.2) is 9.18 Å². The number of methoxy groups -OCH3 is 1. The molecule has 2 rings (SSSR count). The number of carbonyl (C=O) groups is 1. The first-order chi connectivity index (χ1) is 10.0. The molecular formula is C15H13ClFNO3. The first kappa shape index (κ1) is 15.1. The fourth-order valence-electron chi connectivity index (χ4n) is 1.84. The lowest BCUT2D eigenvalue weighted by molar-refractivity contribution is -0.141. The van der Waals surface area contributed by atoms with Crippen molar-refractivity contribution in [2.45, 2.75) is 6.04 Å². The zero-order chi connectivity index (χ0) is 15.4. The maximum absolute atomic E-state index is 13.2.